The van der Waals surface area contributed by atoms with Crippen LogP contribution in [0.3, 0.4) is 0 Å². The summed E-state index contributed by atoms with van der Waals surface area (Å²) in [5.74, 6) is -0.666. The summed E-state index contributed by atoms with van der Waals surface area (Å²) in [7, 11) is 0. The number of aliphatic carboxylic acids is 1. The van der Waals surface area contributed by atoms with E-state index >= 15 is 0 Å². The van der Waals surface area contributed by atoms with Crippen LogP contribution in [0.15, 0.2) is 84.9 Å². The Hall–Kier alpha value is -3.44. The molecule has 1 aliphatic heterocycles. The summed E-state index contributed by atoms with van der Waals surface area (Å²) in [5.41, 5.74) is 1.65. The van der Waals surface area contributed by atoms with Gasteiger partial charge in [-0.1, -0.05) is 84.9 Å². The third kappa shape index (κ3) is 5.78. The number of piperidine rings is 1. The number of hydrogen-bond acceptors (Lipinski definition) is 3. The van der Waals surface area contributed by atoms with Gasteiger partial charge >= 0.3 is 5.97 Å². The van der Waals surface area contributed by atoms with E-state index in [1.165, 1.54) is 0 Å². The van der Waals surface area contributed by atoms with Crippen molar-refractivity contribution < 1.29 is 19.8 Å². The highest BCUT2D eigenvalue weighted by Gasteiger charge is 2.42. The Kier molecular flexibility index (Phi) is 8.13. The predicted octanol–water partition coefficient (Wildman–Crippen LogP) is 5.55. The van der Waals surface area contributed by atoms with Crippen molar-refractivity contribution in [3.63, 3.8) is 0 Å². The van der Waals surface area contributed by atoms with Gasteiger partial charge in [-0.3, -0.25) is 9.59 Å². The molecule has 4 rings (SSSR count). The SMILES string of the molecule is CC(C)(C(=O)O)c1ccc(CCCC(=O)N2CCC(C(O)(c3ccccc3)c3ccccc3)CC2)cc1. The quantitative estimate of drug-likeness (QED) is 0.405. The first-order chi connectivity index (χ1) is 17.7. The van der Waals surface area contributed by atoms with Crippen LogP contribution in [0.2, 0.25) is 0 Å². The summed E-state index contributed by atoms with van der Waals surface area (Å²) in [4.78, 5) is 26.3. The molecule has 37 heavy (non-hydrogen) atoms. The van der Waals surface area contributed by atoms with Gasteiger partial charge in [0, 0.05) is 19.5 Å². The van der Waals surface area contributed by atoms with Crippen LogP contribution in [0.25, 0.3) is 0 Å². The zero-order valence-electron chi connectivity index (χ0n) is 21.8. The molecule has 0 radical (unpaired) electrons. The molecule has 1 aliphatic rings. The molecule has 1 fully saturated rings. The monoisotopic (exact) mass is 499 g/mol. The number of aliphatic hydroxyl groups is 1. The maximum absolute atomic E-state index is 12.9. The molecular formula is C32H37NO4. The summed E-state index contributed by atoms with van der Waals surface area (Å²) in [5, 5.41) is 21.4. The van der Waals surface area contributed by atoms with Crippen LogP contribution in [0.4, 0.5) is 0 Å². The number of carbonyl (C=O) groups excluding carboxylic acids is 1. The number of carbonyl (C=O) groups is 2. The van der Waals surface area contributed by atoms with Crippen molar-refractivity contribution in [1.29, 1.82) is 0 Å². The zero-order valence-corrected chi connectivity index (χ0v) is 21.8. The van der Waals surface area contributed by atoms with Crippen LogP contribution in [0.1, 0.15) is 61.8 Å². The topological polar surface area (TPSA) is 77.8 Å². The number of amides is 1. The van der Waals surface area contributed by atoms with E-state index in [-0.39, 0.29) is 11.8 Å². The van der Waals surface area contributed by atoms with E-state index in [9.17, 15) is 19.8 Å². The van der Waals surface area contributed by atoms with E-state index < -0.39 is 17.0 Å². The predicted molar refractivity (Wildman–Crippen MR) is 145 cm³/mol. The molecule has 2 N–H and O–H groups in total. The lowest BCUT2D eigenvalue weighted by Crippen LogP contribution is -2.46. The van der Waals surface area contributed by atoms with Crippen LogP contribution >= 0.6 is 0 Å². The standard InChI is InChI=1S/C32H37NO4/c1-31(2,30(35)36)25-18-16-24(17-19-25)10-9-15-29(34)33-22-20-28(21-23-33)32(37,26-11-5-3-6-12-26)27-13-7-4-8-14-27/h3-8,11-14,16-19,28,37H,9-10,15,20-23H2,1-2H3,(H,35,36). The number of rotatable bonds is 9. The van der Waals surface area contributed by atoms with Crippen LogP contribution in [-0.4, -0.2) is 40.1 Å². The van der Waals surface area contributed by atoms with Gasteiger partial charge in [0.15, 0.2) is 0 Å². The van der Waals surface area contributed by atoms with E-state index in [0.29, 0.717) is 19.5 Å². The van der Waals surface area contributed by atoms with E-state index in [0.717, 1.165) is 47.9 Å². The number of carboxylic acid groups (broad SMARTS) is 1. The minimum atomic E-state index is -1.08. The molecule has 0 atom stereocenters. The van der Waals surface area contributed by atoms with Crippen molar-refractivity contribution in [1.82, 2.24) is 4.90 Å². The summed E-state index contributed by atoms with van der Waals surface area (Å²) in [6.45, 7) is 4.69. The van der Waals surface area contributed by atoms with Crippen molar-refractivity contribution in [2.24, 2.45) is 5.92 Å². The smallest absolute Gasteiger partial charge is 0.313 e. The number of nitrogens with zero attached hydrogens (tertiary/aromatic N) is 1. The summed E-state index contributed by atoms with van der Waals surface area (Å²) < 4.78 is 0. The van der Waals surface area contributed by atoms with Gasteiger partial charge in [-0.25, -0.2) is 0 Å². The molecule has 0 unspecified atom stereocenters. The fraction of sp³-hybridized carbons (Fsp3) is 0.375. The van der Waals surface area contributed by atoms with E-state index in [2.05, 4.69) is 0 Å². The summed E-state index contributed by atoms with van der Waals surface area (Å²) in [6, 6.07) is 27.4. The Morgan fingerprint density at radius 3 is 1.81 bits per heavy atom. The second-order valence-corrected chi connectivity index (χ2v) is 10.6. The number of hydrogen-bond donors (Lipinski definition) is 2. The number of benzene rings is 3. The Morgan fingerprint density at radius 1 is 0.811 bits per heavy atom. The van der Waals surface area contributed by atoms with Gasteiger partial charge in [-0.2, -0.15) is 0 Å². The van der Waals surface area contributed by atoms with Gasteiger partial charge < -0.3 is 15.1 Å². The van der Waals surface area contributed by atoms with Crippen molar-refractivity contribution in [2.45, 2.75) is 57.0 Å². The number of aryl methyl sites for hydroxylation is 1. The third-order valence-electron chi connectivity index (χ3n) is 7.93. The Bertz CT molecular complexity index is 1140. The number of carboxylic acids is 1. The fourth-order valence-electron chi connectivity index (χ4n) is 5.38. The van der Waals surface area contributed by atoms with Gasteiger partial charge in [-0.15, -0.1) is 0 Å². The molecule has 0 spiro atoms. The van der Waals surface area contributed by atoms with E-state index in [1.807, 2.05) is 89.8 Å². The molecule has 0 saturated carbocycles. The first-order valence-corrected chi connectivity index (χ1v) is 13.2. The summed E-state index contributed by atoms with van der Waals surface area (Å²) in [6.07, 6.45) is 3.49. The van der Waals surface area contributed by atoms with E-state index in [4.69, 9.17) is 0 Å². The Morgan fingerprint density at radius 2 is 1.32 bits per heavy atom. The lowest BCUT2D eigenvalue weighted by atomic mass is 9.72. The molecule has 0 aliphatic carbocycles. The summed E-state index contributed by atoms with van der Waals surface area (Å²) >= 11 is 0. The third-order valence-corrected chi connectivity index (χ3v) is 7.93. The molecule has 5 heteroatoms. The molecule has 5 nitrogen and oxygen atoms in total. The molecule has 3 aromatic rings. The maximum atomic E-state index is 12.9. The molecule has 1 saturated heterocycles. The highest BCUT2D eigenvalue weighted by atomic mass is 16.4. The highest BCUT2D eigenvalue weighted by molar-refractivity contribution is 5.80. The van der Waals surface area contributed by atoms with Gasteiger partial charge in [0.05, 0.1) is 5.41 Å². The number of likely N-dealkylation sites (tertiary alicyclic amines) is 1. The van der Waals surface area contributed by atoms with Gasteiger partial charge in [0.25, 0.3) is 0 Å². The largest absolute Gasteiger partial charge is 0.481 e. The Balaban J connectivity index is 1.33. The first-order valence-electron chi connectivity index (χ1n) is 13.2. The van der Waals surface area contributed by atoms with Gasteiger partial charge in [0.1, 0.15) is 5.60 Å². The van der Waals surface area contributed by atoms with E-state index in [1.54, 1.807) is 13.8 Å². The Labute approximate surface area is 219 Å². The molecule has 0 aromatic heterocycles. The lowest BCUT2D eigenvalue weighted by Gasteiger charge is -2.42. The lowest BCUT2D eigenvalue weighted by molar-refractivity contribution is -0.142. The van der Waals surface area contributed by atoms with Crippen LogP contribution in [0.5, 0.6) is 0 Å². The molecule has 0 bridgehead atoms. The molecule has 1 heterocycles. The van der Waals surface area contributed by atoms with Crippen molar-refractivity contribution in [3.8, 4) is 0 Å². The van der Waals surface area contributed by atoms with Gasteiger partial charge in [-0.05, 0) is 67.7 Å². The molecular weight excluding hydrogens is 462 g/mol. The molecule has 1 amide bonds. The molecule has 3 aromatic carbocycles. The van der Waals surface area contributed by atoms with Crippen molar-refractivity contribution in [3.05, 3.63) is 107 Å². The first kappa shape index (κ1) is 26.6. The average Bonchev–Trinajstić information content (AvgIpc) is 2.94. The second kappa shape index (κ2) is 11.3. The second-order valence-electron chi connectivity index (χ2n) is 10.6. The normalized spacial score (nSPS) is 14.9. The minimum absolute atomic E-state index is 0.0231. The van der Waals surface area contributed by atoms with Crippen molar-refractivity contribution in [2.75, 3.05) is 13.1 Å². The molecule has 194 valence electrons. The fourth-order valence-corrected chi connectivity index (χ4v) is 5.38. The maximum Gasteiger partial charge on any atom is 0.313 e. The van der Waals surface area contributed by atoms with Gasteiger partial charge in [0.2, 0.25) is 5.91 Å². The van der Waals surface area contributed by atoms with Crippen LogP contribution in [0, 0.1) is 5.92 Å². The van der Waals surface area contributed by atoms with Crippen molar-refractivity contribution >= 4 is 11.9 Å². The highest BCUT2D eigenvalue weighted by Crippen LogP contribution is 2.42. The minimum Gasteiger partial charge on any atom is -0.481 e. The zero-order chi connectivity index (χ0) is 26.5. The van der Waals surface area contributed by atoms with Crippen LogP contribution in [-0.2, 0) is 27.0 Å². The average molecular weight is 500 g/mol. The van der Waals surface area contributed by atoms with Crippen LogP contribution < -0.4 is 0 Å².